The van der Waals surface area contributed by atoms with Gasteiger partial charge >= 0.3 is 0 Å². The number of nitrogen functional groups attached to an aromatic ring is 1. The zero-order valence-electron chi connectivity index (χ0n) is 12.3. The third-order valence-corrected chi connectivity index (χ3v) is 4.94. The summed E-state index contributed by atoms with van der Waals surface area (Å²) in [6.07, 6.45) is 0. The Labute approximate surface area is 130 Å². The highest BCUT2D eigenvalue weighted by Gasteiger charge is 2.24. The Balaban J connectivity index is 2.94. The summed E-state index contributed by atoms with van der Waals surface area (Å²) in [6, 6.07) is 3.16. The van der Waals surface area contributed by atoms with Gasteiger partial charge in [0.1, 0.15) is 0 Å². The van der Waals surface area contributed by atoms with Crippen molar-refractivity contribution < 1.29 is 13.2 Å². The molecule has 118 valence electrons. The average molecular weight is 334 g/mol. The van der Waals surface area contributed by atoms with E-state index in [4.69, 9.17) is 17.3 Å². The van der Waals surface area contributed by atoms with Crippen LogP contribution in [0.3, 0.4) is 0 Å². The van der Waals surface area contributed by atoms with Crippen LogP contribution in [-0.4, -0.2) is 38.4 Å². The number of benzene rings is 1. The van der Waals surface area contributed by atoms with Gasteiger partial charge in [-0.1, -0.05) is 11.6 Å². The summed E-state index contributed by atoms with van der Waals surface area (Å²) in [5.74, 6) is -0.273. The normalized spacial score (nSPS) is 13.0. The molecule has 1 rings (SSSR count). The van der Waals surface area contributed by atoms with Gasteiger partial charge in [-0.15, -0.1) is 0 Å². The van der Waals surface area contributed by atoms with E-state index < -0.39 is 16.1 Å². The number of amides is 1. The van der Waals surface area contributed by atoms with Gasteiger partial charge < -0.3 is 10.6 Å². The molecule has 0 fully saturated rings. The molecule has 21 heavy (non-hydrogen) atoms. The van der Waals surface area contributed by atoms with Crippen molar-refractivity contribution in [3.05, 3.63) is 23.2 Å². The fourth-order valence-electron chi connectivity index (χ4n) is 1.85. The lowest BCUT2D eigenvalue weighted by Crippen LogP contribution is -2.46. The van der Waals surface area contributed by atoms with Crippen molar-refractivity contribution in [3.63, 3.8) is 0 Å². The molecule has 6 nitrogen and oxygen atoms in total. The van der Waals surface area contributed by atoms with Gasteiger partial charge in [0, 0.05) is 13.1 Å². The lowest BCUT2D eigenvalue weighted by atomic mass is 10.3. The van der Waals surface area contributed by atoms with Crippen molar-refractivity contribution >= 4 is 33.2 Å². The first-order chi connectivity index (χ1) is 9.72. The lowest BCUT2D eigenvalue weighted by molar-refractivity contribution is -0.132. The monoisotopic (exact) mass is 333 g/mol. The molecule has 0 bridgehead atoms. The van der Waals surface area contributed by atoms with Crippen LogP contribution in [0.2, 0.25) is 5.02 Å². The van der Waals surface area contributed by atoms with Crippen LogP contribution in [0.4, 0.5) is 5.69 Å². The van der Waals surface area contributed by atoms with E-state index >= 15 is 0 Å². The quantitative estimate of drug-likeness (QED) is 0.771. The van der Waals surface area contributed by atoms with E-state index in [2.05, 4.69) is 4.72 Å². The summed E-state index contributed by atoms with van der Waals surface area (Å²) in [7, 11) is -3.83. The van der Waals surface area contributed by atoms with Crippen LogP contribution in [0.15, 0.2) is 23.1 Å². The fourth-order valence-corrected chi connectivity index (χ4v) is 3.20. The summed E-state index contributed by atoms with van der Waals surface area (Å²) in [4.78, 5) is 13.6. The largest absolute Gasteiger partial charge is 0.397 e. The molecule has 1 aromatic rings. The van der Waals surface area contributed by atoms with Gasteiger partial charge in [-0.2, -0.15) is 4.72 Å². The number of halogens is 1. The standard InChI is InChI=1S/C13H20ClN3O3S/c1-4-17(5-2)13(18)9(3)16-21(19,20)10-6-7-11(14)12(15)8-10/h6-9,16H,4-5,15H2,1-3H3. The number of nitrogens with zero attached hydrogens (tertiary/aromatic N) is 1. The molecule has 1 atom stereocenters. The first-order valence-electron chi connectivity index (χ1n) is 6.59. The molecule has 8 heteroatoms. The molecule has 0 heterocycles. The number of hydrogen-bond acceptors (Lipinski definition) is 4. The van der Waals surface area contributed by atoms with Crippen LogP contribution in [0, 0.1) is 0 Å². The molecule has 0 saturated carbocycles. The minimum atomic E-state index is -3.83. The van der Waals surface area contributed by atoms with E-state index in [1.807, 2.05) is 13.8 Å². The van der Waals surface area contributed by atoms with Crippen molar-refractivity contribution in [3.8, 4) is 0 Å². The fraction of sp³-hybridized carbons (Fsp3) is 0.462. The highest BCUT2D eigenvalue weighted by Crippen LogP contribution is 2.22. The SMILES string of the molecule is CCN(CC)C(=O)C(C)NS(=O)(=O)c1ccc(Cl)c(N)c1. The number of nitrogens with one attached hydrogen (secondary N) is 1. The Hall–Kier alpha value is -1.31. The first-order valence-corrected chi connectivity index (χ1v) is 8.45. The van der Waals surface area contributed by atoms with E-state index in [0.29, 0.717) is 13.1 Å². The predicted octanol–water partition coefficient (Wildman–Crippen LogP) is 1.46. The van der Waals surface area contributed by atoms with Crippen molar-refractivity contribution in [1.82, 2.24) is 9.62 Å². The Kier molecular flexibility index (Phi) is 6.00. The molecule has 0 aliphatic heterocycles. The maximum absolute atomic E-state index is 12.2. The third kappa shape index (κ3) is 4.33. The summed E-state index contributed by atoms with van der Waals surface area (Å²) >= 11 is 5.77. The van der Waals surface area contributed by atoms with Crippen molar-refractivity contribution in [1.29, 1.82) is 0 Å². The molecular weight excluding hydrogens is 314 g/mol. The van der Waals surface area contributed by atoms with E-state index in [1.165, 1.54) is 25.1 Å². The summed E-state index contributed by atoms with van der Waals surface area (Å²) in [6.45, 7) is 6.23. The topological polar surface area (TPSA) is 92.5 Å². The minimum absolute atomic E-state index is 0.0244. The molecule has 0 aliphatic rings. The first kappa shape index (κ1) is 17.7. The molecule has 0 aromatic heterocycles. The number of likely N-dealkylation sites (N-methyl/N-ethyl adjacent to an activating group) is 1. The maximum Gasteiger partial charge on any atom is 0.241 e. The van der Waals surface area contributed by atoms with Crippen LogP contribution < -0.4 is 10.5 Å². The minimum Gasteiger partial charge on any atom is -0.397 e. The van der Waals surface area contributed by atoms with E-state index in [-0.39, 0.29) is 21.5 Å². The number of anilines is 1. The molecule has 0 aliphatic carbocycles. The molecule has 0 spiro atoms. The highest BCUT2D eigenvalue weighted by atomic mass is 35.5. The van der Waals surface area contributed by atoms with Crippen molar-refractivity contribution in [2.24, 2.45) is 0 Å². The number of sulfonamides is 1. The van der Waals surface area contributed by atoms with Crippen LogP contribution in [0.25, 0.3) is 0 Å². The Morgan fingerprint density at radius 1 is 1.38 bits per heavy atom. The molecule has 1 unspecified atom stereocenters. The summed E-state index contributed by atoms with van der Waals surface area (Å²) < 4.78 is 26.8. The van der Waals surface area contributed by atoms with Gasteiger partial charge in [-0.05, 0) is 39.0 Å². The van der Waals surface area contributed by atoms with E-state index in [1.54, 1.807) is 4.90 Å². The van der Waals surface area contributed by atoms with Crippen LogP contribution in [0.1, 0.15) is 20.8 Å². The highest BCUT2D eigenvalue weighted by molar-refractivity contribution is 7.89. The number of rotatable bonds is 6. The molecule has 0 saturated heterocycles. The average Bonchev–Trinajstić information content (AvgIpc) is 2.42. The smallest absolute Gasteiger partial charge is 0.241 e. The summed E-state index contributed by atoms with van der Waals surface area (Å²) in [5, 5.41) is 0.279. The van der Waals surface area contributed by atoms with Crippen LogP contribution in [-0.2, 0) is 14.8 Å². The third-order valence-electron chi connectivity index (χ3n) is 3.06. The Bertz CT molecular complexity index is 615. The predicted molar refractivity (Wildman–Crippen MR) is 83.6 cm³/mol. The number of carbonyl (C=O) groups is 1. The number of hydrogen-bond donors (Lipinski definition) is 2. The van der Waals surface area contributed by atoms with Gasteiger partial charge in [-0.3, -0.25) is 4.79 Å². The lowest BCUT2D eigenvalue weighted by Gasteiger charge is -2.23. The molecule has 1 aromatic carbocycles. The number of nitrogens with two attached hydrogens (primary N) is 1. The van der Waals surface area contributed by atoms with Crippen LogP contribution >= 0.6 is 11.6 Å². The van der Waals surface area contributed by atoms with Gasteiger partial charge in [0.05, 0.1) is 21.6 Å². The second-order valence-electron chi connectivity index (χ2n) is 4.54. The molecular formula is C13H20ClN3O3S. The Morgan fingerprint density at radius 2 is 1.95 bits per heavy atom. The zero-order chi connectivity index (χ0) is 16.2. The maximum atomic E-state index is 12.2. The van der Waals surface area contributed by atoms with Gasteiger partial charge in [0.25, 0.3) is 0 Å². The summed E-state index contributed by atoms with van der Waals surface area (Å²) in [5.41, 5.74) is 5.77. The molecule has 0 radical (unpaired) electrons. The van der Waals surface area contributed by atoms with Gasteiger partial charge in [0.2, 0.25) is 15.9 Å². The Morgan fingerprint density at radius 3 is 2.43 bits per heavy atom. The second-order valence-corrected chi connectivity index (χ2v) is 6.66. The van der Waals surface area contributed by atoms with Crippen molar-refractivity contribution in [2.75, 3.05) is 18.8 Å². The molecule has 3 N–H and O–H groups in total. The van der Waals surface area contributed by atoms with Crippen LogP contribution in [0.5, 0.6) is 0 Å². The second kappa shape index (κ2) is 7.11. The van der Waals surface area contributed by atoms with Gasteiger partial charge in [0.15, 0.2) is 0 Å². The molecule has 1 amide bonds. The zero-order valence-corrected chi connectivity index (χ0v) is 13.8. The van der Waals surface area contributed by atoms with Crippen molar-refractivity contribution in [2.45, 2.75) is 31.7 Å². The van der Waals surface area contributed by atoms with E-state index in [9.17, 15) is 13.2 Å². The number of carbonyl (C=O) groups excluding carboxylic acids is 1. The van der Waals surface area contributed by atoms with E-state index in [0.717, 1.165) is 0 Å². The van der Waals surface area contributed by atoms with Gasteiger partial charge in [-0.25, -0.2) is 8.42 Å².